The fourth-order valence-electron chi connectivity index (χ4n) is 2.25. The molecule has 1 N–H and O–H groups in total. The summed E-state index contributed by atoms with van der Waals surface area (Å²) >= 11 is 0. The molecule has 0 saturated carbocycles. The van der Waals surface area contributed by atoms with Crippen LogP contribution >= 0.6 is 0 Å². The lowest BCUT2D eigenvalue weighted by molar-refractivity contribution is 0.0950. The average molecular weight is 279 g/mol. The van der Waals surface area contributed by atoms with Crippen LogP contribution in [0.15, 0.2) is 54.9 Å². The minimum atomic E-state index is -0.132. The zero-order valence-corrected chi connectivity index (χ0v) is 11.9. The zero-order valence-electron chi connectivity index (χ0n) is 11.9. The second-order valence-corrected chi connectivity index (χ2v) is 5.09. The van der Waals surface area contributed by atoms with Gasteiger partial charge in [0.25, 0.3) is 5.91 Å². The summed E-state index contributed by atoms with van der Waals surface area (Å²) in [5.74, 6) is -0.132. The number of aromatic nitrogens is 2. The minimum Gasteiger partial charge on any atom is -0.350 e. The van der Waals surface area contributed by atoms with E-state index in [1.807, 2.05) is 47.9 Å². The second-order valence-electron chi connectivity index (χ2n) is 5.09. The fraction of sp³-hybridized carbons (Fsp3) is 0.176. The second kappa shape index (κ2) is 5.79. The summed E-state index contributed by atoms with van der Waals surface area (Å²) in [7, 11) is 0. The van der Waals surface area contributed by atoms with Gasteiger partial charge in [-0.15, -0.1) is 0 Å². The molecule has 0 fully saturated rings. The van der Waals surface area contributed by atoms with Crippen molar-refractivity contribution >= 4 is 11.6 Å². The SMILES string of the molecule is Cc1ccn2cc(C(=O)NCCc3ccccc3)nc2c1. The first kappa shape index (κ1) is 13.4. The lowest BCUT2D eigenvalue weighted by Crippen LogP contribution is -2.25. The van der Waals surface area contributed by atoms with Gasteiger partial charge >= 0.3 is 0 Å². The van der Waals surface area contributed by atoms with E-state index in [1.165, 1.54) is 5.56 Å². The van der Waals surface area contributed by atoms with Gasteiger partial charge in [-0.2, -0.15) is 0 Å². The van der Waals surface area contributed by atoms with E-state index in [1.54, 1.807) is 6.20 Å². The molecule has 0 aliphatic heterocycles. The van der Waals surface area contributed by atoms with E-state index in [0.717, 1.165) is 17.6 Å². The van der Waals surface area contributed by atoms with Gasteiger partial charge < -0.3 is 9.72 Å². The number of nitrogens with one attached hydrogen (secondary N) is 1. The maximum atomic E-state index is 12.1. The number of aryl methyl sites for hydroxylation is 1. The summed E-state index contributed by atoms with van der Waals surface area (Å²) in [6, 6.07) is 14.1. The highest BCUT2D eigenvalue weighted by atomic mass is 16.1. The lowest BCUT2D eigenvalue weighted by atomic mass is 10.1. The number of hydrogen-bond donors (Lipinski definition) is 1. The van der Waals surface area contributed by atoms with Gasteiger partial charge in [0.15, 0.2) is 0 Å². The molecule has 0 unspecified atom stereocenters. The molecule has 1 aromatic carbocycles. The zero-order chi connectivity index (χ0) is 14.7. The van der Waals surface area contributed by atoms with Crippen LogP contribution in [0, 0.1) is 6.92 Å². The molecule has 0 aliphatic rings. The van der Waals surface area contributed by atoms with Crippen LogP contribution in [0.3, 0.4) is 0 Å². The smallest absolute Gasteiger partial charge is 0.271 e. The largest absolute Gasteiger partial charge is 0.350 e. The Morgan fingerprint density at radius 3 is 2.86 bits per heavy atom. The summed E-state index contributed by atoms with van der Waals surface area (Å²) in [5, 5.41) is 2.91. The highest BCUT2D eigenvalue weighted by Crippen LogP contribution is 2.07. The van der Waals surface area contributed by atoms with E-state index >= 15 is 0 Å². The lowest BCUT2D eigenvalue weighted by Gasteiger charge is -2.03. The van der Waals surface area contributed by atoms with E-state index in [2.05, 4.69) is 22.4 Å². The fourth-order valence-corrected chi connectivity index (χ4v) is 2.25. The summed E-state index contributed by atoms with van der Waals surface area (Å²) in [5.41, 5.74) is 3.59. The molecule has 0 aliphatic carbocycles. The van der Waals surface area contributed by atoms with Crippen LogP contribution in [0.4, 0.5) is 0 Å². The number of benzene rings is 1. The molecule has 4 heteroatoms. The van der Waals surface area contributed by atoms with Gasteiger partial charge in [0, 0.05) is 18.9 Å². The first-order valence-electron chi connectivity index (χ1n) is 7.00. The quantitative estimate of drug-likeness (QED) is 0.798. The number of fused-ring (bicyclic) bond motifs is 1. The Morgan fingerprint density at radius 2 is 2.05 bits per heavy atom. The summed E-state index contributed by atoms with van der Waals surface area (Å²) in [6.07, 6.45) is 4.49. The molecule has 4 nitrogen and oxygen atoms in total. The third kappa shape index (κ3) is 3.11. The van der Waals surface area contributed by atoms with Crippen LogP contribution in [0.2, 0.25) is 0 Å². The topological polar surface area (TPSA) is 46.4 Å². The molecule has 106 valence electrons. The van der Waals surface area contributed by atoms with E-state index in [-0.39, 0.29) is 5.91 Å². The average Bonchev–Trinajstić information content (AvgIpc) is 2.91. The van der Waals surface area contributed by atoms with Crippen molar-refractivity contribution in [1.82, 2.24) is 14.7 Å². The molecule has 2 aromatic heterocycles. The summed E-state index contributed by atoms with van der Waals surface area (Å²) in [4.78, 5) is 16.5. The molecule has 3 aromatic rings. The molecular weight excluding hydrogens is 262 g/mol. The Kier molecular flexibility index (Phi) is 3.69. The Bertz CT molecular complexity index is 762. The van der Waals surface area contributed by atoms with Crippen LogP contribution in [0.5, 0.6) is 0 Å². The van der Waals surface area contributed by atoms with Crippen molar-refractivity contribution in [3.8, 4) is 0 Å². The van der Waals surface area contributed by atoms with Crippen molar-refractivity contribution in [2.75, 3.05) is 6.54 Å². The standard InChI is InChI=1S/C17H17N3O/c1-13-8-10-20-12-15(19-16(20)11-13)17(21)18-9-7-14-5-3-2-4-6-14/h2-6,8,10-12H,7,9H2,1H3,(H,18,21). The predicted molar refractivity (Wildman–Crippen MR) is 82.4 cm³/mol. The van der Waals surface area contributed by atoms with E-state index in [9.17, 15) is 4.79 Å². The highest BCUT2D eigenvalue weighted by Gasteiger charge is 2.10. The third-order valence-electron chi connectivity index (χ3n) is 3.39. The monoisotopic (exact) mass is 279 g/mol. The number of carbonyl (C=O) groups is 1. The molecule has 0 saturated heterocycles. The van der Waals surface area contributed by atoms with Gasteiger partial charge in [0.1, 0.15) is 11.3 Å². The molecule has 0 radical (unpaired) electrons. The summed E-state index contributed by atoms with van der Waals surface area (Å²) in [6.45, 7) is 2.62. The first-order valence-corrected chi connectivity index (χ1v) is 7.00. The summed E-state index contributed by atoms with van der Waals surface area (Å²) < 4.78 is 1.86. The Labute approximate surface area is 123 Å². The van der Waals surface area contributed by atoms with Crippen molar-refractivity contribution in [2.24, 2.45) is 0 Å². The molecule has 2 heterocycles. The van der Waals surface area contributed by atoms with Gasteiger partial charge in [-0.3, -0.25) is 4.79 Å². The van der Waals surface area contributed by atoms with E-state index in [4.69, 9.17) is 0 Å². The van der Waals surface area contributed by atoms with Crippen molar-refractivity contribution in [3.05, 3.63) is 71.7 Å². The number of imidazole rings is 1. The van der Waals surface area contributed by atoms with Crippen LogP contribution in [0.1, 0.15) is 21.6 Å². The minimum absolute atomic E-state index is 0.132. The predicted octanol–water partition coefficient (Wildman–Crippen LogP) is 2.62. The molecule has 0 spiro atoms. The van der Waals surface area contributed by atoms with Crippen molar-refractivity contribution in [2.45, 2.75) is 13.3 Å². The van der Waals surface area contributed by atoms with Gasteiger partial charge in [-0.25, -0.2) is 4.98 Å². The molecule has 21 heavy (non-hydrogen) atoms. The Hall–Kier alpha value is -2.62. The Balaban J connectivity index is 1.64. The maximum Gasteiger partial charge on any atom is 0.271 e. The molecule has 1 amide bonds. The maximum absolute atomic E-state index is 12.1. The molecule has 0 atom stereocenters. The third-order valence-corrected chi connectivity index (χ3v) is 3.39. The first-order chi connectivity index (χ1) is 10.2. The van der Waals surface area contributed by atoms with Crippen LogP contribution in [-0.4, -0.2) is 21.8 Å². The number of pyridine rings is 1. The van der Waals surface area contributed by atoms with Crippen LogP contribution in [0.25, 0.3) is 5.65 Å². The van der Waals surface area contributed by atoms with Crippen LogP contribution in [-0.2, 0) is 6.42 Å². The van der Waals surface area contributed by atoms with Gasteiger partial charge in [-0.05, 0) is 36.6 Å². The number of amides is 1. The number of hydrogen-bond acceptors (Lipinski definition) is 2. The van der Waals surface area contributed by atoms with Crippen molar-refractivity contribution < 1.29 is 4.79 Å². The van der Waals surface area contributed by atoms with Crippen LogP contribution < -0.4 is 5.32 Å². The number of rotatable bonds is 4. The van der Waals surface area contributed by atoms with E-state index in [0.29, 0.717) is 12.2 Å². The van der Waals surface area contributed by atoms with Gasteiger partial charge in [-0.1, -0.05) is 30.3 Å². The molecule has 0 bridgehead atoms. The highest BCUT2D eigenvalue weighted by molar-refractivity contribution is 5.92. The van der Waals surface area contributed by atoms with Crippen molar-refractivity contribution in [1.29, 1.82) is 0 Å². The van der Waals surface area contributed by atoms with Gasteiger partial charge in [0.05, 0.1) is 0 Å². The van der Waals surface area contributed by atoms with Crippen molar-refractivity contribution in [3.63, 3.8) is 0 Å². The normalized spacial score (nSPS) is 10.7. The number of carbonyl (C=O) groups excluding carboxylic acids is 1. The molecule has 3 rings (SSSR count). The molecular formula is C17H17N3O. The Morgan fingerprint density at radius 1 is 1.24 bits per heavy atom. The van der Waals surface area contributed by atoms with E-state index < -0.39 is 0 Å². The van der Waals surface area contributed by atoms with Gasteiger partial charge in [0.2, 0.25) is 0 Å². The number of nitrogens with zero attached hydrogens (tertiary/aromatic N) is 2.